The van der Waals surface area contributed by atoms with E-state index in [2.05, 4.69) is 31.0 Å². The molecule has 4 heteroatoms. The molecule has 19 heavy (non-hydrogen) atoms. The smallest absolute Gasteiger partial charge is 0.325 e. The van der Waals surface area contributed by atoms with Crippen molar-refractivity contribution in [2.24, 2.45) is 0 Å². The molecule has 0 bridgehead atoms. The van der Waals surface area contributed by atoms with Gasteiger partial charge in [-0.1, -0.05) is 13.8 Å². The summed E-state index contributed by atoms with van der Waals surface area (Å²) in [6.07, 6.45) is 4.29. The van der Waals surface area contributed by atoms with Crippen molar-refractivity contribution >= 4 is 5.97 Å². The van der Waals surface area contributed by atoms with E-state index in [9.17, 15) is 4.79 Å². The molecule has 0 amide bonds. The van der Waals surface area contributed by atoms with Crippen LogP contribution in [-0.4, -0.2) is 48.7 Å². The predicted molar refractivity (Wildman–Crippen MR) is 78.2 cm³/mol. The maximum absolute atomic E-state index is 12.1. The first-order valence-electron chi connectivity index (χ1n) is 7.57. The van der Waals surface area contributed by atoms with Crippen LogP contribution in [0.1, 0.15) is 53.4 Å². The van der Waals surface area contributed by atoms with Gasteiger partial charge in [-0.05, 0) is 52.6 Å². The molecule has 0 heterocycles. The van der Waals surface area contributed by atoms with Gasteiger partial charge in [-0.2, -0.15) is 0 Å². The van der Waals surface area contributed by atoms with Crippen molar-refractivity contribution in [1.29, 1.82) is 0 Å². The third-order valence-electron chi connectivity index (χ3n) is 3.98. The van der Waals surface area contributed by atoms with E-state index in [0.29, 0.717) is 12.1 Å². The zero-order valence-corrected chi connectivity index (χ0v) is 13.2. The summed E-state index contributed by atoms with van der Waals surface area (Å²) >= 11 is 0. The Morgan fingerprint density at radius 3 is 2.53 bits per heavy atom. The Morgan fingerprint density at radius 1 is 1.47 bits per heavy atom. The second-order valence-electron chi connectivity index (χ2n) is 5.92. The number of carbonyl (C=O) groups is 1. The normalized spacial score (nSPS) is 20.1. The molecular formula is C15H30N2O2. The molecule has 1 fully saturated rings. The third kappa shape index (κ3) is 4.77. The van der Waals surface area contributed by atoms with E-state index in [-0.39, 0.29) is 5.97 Å². The summed E-state index contributed by atoms with van der Waals surface area (Å²) in [5.74, 6) is -0.140. The second kappa shape index (κ2) is 7.25. The lowest BCUT2D eigenvalue weighted by molar-refractivity contribution is -0.149. The molecule has 1 aliphatic rings. The van der Waals surface area contributed by atoms with Gasteiger partial charge < -0.3 is 9.64 Å². The van der Waals surface area contributed by atoms with Gasteiger partial charge in [0.15, 0.2) is 0 Å². The van der Waals surface area contributed by atoms with Crippen LogP contribution in [0.4, 0.5) is 0 Å². The van der Waals surface area contributed by atoms with Crippen LogP contribution in [0, 0.1) is 0 Å². The monoisotopic (exact) mass is 270 g/mol. The van der Waals surface area contributed by atoms with Crippen LogP contribution in [0.3, 0.4) is 0 Å². The van der Waals surface area contributed by atoms with Gasteiger partial charge in [-0.25, -0.2) is 0 Å². The fraction of sp³-hybridized carbons (Fsp3) is 0.933. The molecule has 0 aromatic heterocycles. The lowest BCUT2D eigenvalue weighted by Crippen LogP contribution is -2.54. The number of nitrogens with zero attached hydrogens (tertiary/aromatic N) is 1. The first kappa shape index (κ1) is 16.4. The summed E-state index contributed by atoms with van der Waals surface area (Å²) in [6.45, 7) is 10.7. The number of rotatable bonds is 9. The van der Waals surface area contributed by atoms with E-state index >= 15 is 0 Å². The molecule has 0 aliphatic heterocycles. The van der Waals surface area contributed by atoms with Gasteiger partial charge in [0.25, 0.3) is 0 Å². The van der Waals surface area contributed by atoms with Gasteiger partial charge in [-0.3, -0.25) is 10.1 Å². The Labute approximate surface area is 117 Å². The van der Waals surface area contributed by atoms with E-state index in [0.717, 1.165) is 25.9 Å². The number of hydrogen-bond acceptors (Lipinski definition) is 4. The van der Waals surface area contributed by atoms with Crippen LogP contribution in [0.5, 0.6) is 0 Å². The van der Waals surface area contributed by atoms with Crippen LogP contribution in [-0.2, 0) is 9.53 Å². The highest BCUT2D eigenvalue weighted by molar-refractivity contribution is 5.80. The van der Waals surface area contributed by atoms with E-state index < -0.39 is 5.54 Å². The van der Waals surface area contributed by atoms with Crippen molar-refractivity contribution < 1.29 is 9.53 Å². The summed E-state index contributed by atoms with van der Waals surface area (Å²) in [4.78, 5) is 14.5. The highest BCUT2D eigenvalue weighted by atomic mass is 16.5. The van der Waals surface area contributed by atoms with Crippen molar-refractivity contribution in [3.05, 3.63) is 0 Å². The molecule has 4 nitrogen and oxygen atoms in total. The summed E-state index contributed by atoms with van der Waals surface area (Å²) in [7, 11) is 1.48. The van der Waals surface area contributed by atoms with Crippen LogP contribution >= 0.6 is 0 Å². The molecule has 1 saturated carbocycles. The SMILES string of the molecule is CCCN(CC)C(C)CC(C)(NC1CC1)C(=O)OC. The van der Waals surface area contributed by atoms with Gasteiger partial charge in [0.05, 0.1) is 7.11 Å². The molecule has 0 saturated heterocycles. The molecule has 112 valence electrons. The standard InChI is InChI=1S/C15H30N2O2/c1-6-10-17(7-2)12(3)11-15(4,14(18)19-5)16-13-8-9-13/h12-13,16H,6-11H2,1-5H3. The topological polar surface area (TPSA) is 41.6 Å². The summed E-state index contributed by atoms with van der Waals surface area (Å²) in [5, 5.41) is 3.47. The molecule has 1 N–H and O–H groups in total. The van der Waals surface area contributed by atoms with E-state index in [1.165, 1.54) is 20.0 Å². The van der Waals surface area contributed by atoms with Crippen LogP contribution in [0.2, 0.25) is 0 Å². The first-order chi connectivity index (χ1) is 8.96. The van der Waals surface area contributed by atoms with E-state index in [4.69, 9.17) is 4.74 Å². The summed E-state index contributed by atoms with van der Waals surface area (Å²) in [6, 6.07) is 0.873. The zero-order chi connectivity index (χ0) is 14.5. The van der Waals surface area contributed by atoms with Gasteiger partial charge in [-0.15, -0.1) is 0 Å². The van der Waals surface area contributed by atoms with E-state index in [1.807, 2.05) is 6.92 Å². The highest BCUT2D eigenvalue weighted by Crippen LogP contribution is 2.26. The minimum Gasteiger partial charge on any atom is -0.468 e. The minimum atomic E-state index is -0.559. The average molecular weight is 270 g/mol. The van der Waals surface area contributed by atoms with Gasteiger partial charge in [0, 0.05) is 12.1 Å². The van der Waals surface area contributed by atoms with Crippen LogP contribution < -0.4 is 5.32 Å². The Balaban J connectivity index is 2.66. The van der Waals surface area contributed by atoms with Gasteiger partial charge in [0.1, 0.15) is 5.54 Å². The largest absolute Gasteiger partial charge is 0.468 e. The Kier molecular flexibility index (Phi) is 6.27. The molecule has 0 aromatic carbocycles. The summed E-state index contributed by atoms with van der Waals surface area (Å²) < 4.78 is 5.00. The first-order valence-corrected chi connectivity index (χ1v) is 7.57. The Hall–Kier alpha value is -0.610. The lowest BCUT2D eigenvalue weighted by atomic mass is 9.92. The predicted octanol–water partition coefficient (Wildman–Crippen LogP) is 2.18. The van der Waals surface area contributed by atoms with Crippen LogP contribution in [0.25, 0.3) is 0 Å². The highest BCUT2D eigenvalue weighted by Gasteiger charge is 2.40. The van der Waals surface area contributed by atoms with E-state index in [1.54, 1.807) is 0 Å². The molecule has 1 aliphatic carbocycles. The molecule has 0 aromatic rings. The Morgan fingerprint density at radius 2 is 2.11 bits per heavy atom. The van der Waals surface area contributed by atoms with Crippen molar-refractivity contribution in [2.75, 3.05) is 20.2 Å². The third-order valence-corrected chi connectivity index (χ3v) is 3.98. The minimum absolute atomic E-state index is 0.140. The molecule has 1 rings (SSSR count). The molecular weight excluding hydrogens is 240 g/mol. The Bertz CT molecular complexity index is 292. The quantitative estimate of drug-likeness (QED) is 0.652. The zero-order valence-electron chi connectivity index (χ0n) is 13.2. The van der Waals surface area contributed by atoms with Crippen molar-refractivity contribution in [1.82, 2.24) is 10.2 Å². The number of hydrogen-bond donors (Lipinski definition) is 1. The van der Waals surface area contributed by atoms with Crippen molar-refractivity contribution in [3.8, 4) is 0 Å². The maximum Gasteiger partial charge on any atom is 0.325 e. The molecule has 2 unspecified atom stereocenters. The molecule has 0 radical (unpaired) electrons. The summed E-state index contributed by atoms with van der Waals surface area (Å²) in [5.41, 5.74) is -0.559. The van der Waals surface area contributed by atoms with Gasteiger partial charge >= 0.3 is 5.97 Å². The fourth-order valence-corrected chi connectivity index (χ4v) is 2.80. The average Bonchev–Trinajstić information content (AvgIpc) is 3.18. The maximum atomic E-state index is 12.1. The lowest BCUT2D eigenvalue weighted by Gasteiger charge is -2.35. The van der Waals surface area contributed by atoms with Gasteiger partial charge in [0.2, 0.25) is 0 Å². The number of nitrogens with one attached hydrogen (secondary N) is 1. The van der Waals surface area contributed by atoms with Crippen LogP contribution in [0.15, 0.2) is 0 Å². The van der Waals surface area contributed by atoms with Crippen molar-refractivity contribution in [3.63, 3.8) is 0 Å². The fourth-order valence-electron chi connectivity index (χ4n) is 2.80. The number of ether oxygens (including phenoxy) is 1. The molecule has 0 spiro atoms. The number of esters is 1. The number of methoxy groups -OCH3 is 1. The second-order valence-corrected chi connectivity index (χ2v) is 5.92. The van der Waals surface area contributed by atoms with Crippen molar-refractivity contribution in [2.45, 2.75) is 71.0 Å². The molecule has 2 atom stereocenters. The number of carbonyl (C=O) groups excluding carboxylic acids is 1.